The van der Waals surface area contributed by atoms with Crippen LogP contribution in [0.3, 0.4) is 0 Å². The Labute approximate surface area is 128 Å². The Morgan fingerprint density at radius 3 is 2.27 bits per heavy atom. The third-order valence-electron chi connectivity index (χ3n) is 2.53. The van der Waals surface area contributed by atoms with Crippen LogP contribution >= 0.6 is 0 Å². The number of phenolic OH excluding ortho intramolecular Hbond substituents is 1. The lowest BCUT2D eigenvalue weighted by Crippen LogP contribution is -2.17. The Balaban J connectivity index is 0.000000255. The van der Waals surface area contributed by atoms with Crippen LogP contribution in [0.15, 0.2) is 36.4 Å². The number of nitrogens with two attached hydrogens (primary N) is 4. The molecule has 0 saturated carbocycles. The number of carbonyl (C=O) groups excluding carboxylic acids is 1. The number of aromatic nitrogens is 1. The largest absolute Gasteiger partial charge is 0.506 e. The molecule has 1 amide bonds. The molecular weight excluding hydrogens is 284 g/mol. The van der Waals surface area contributed by atoms with Gasteiger partial charge in [0.15, 0.2) is 0 Å². The Kier molecular flexibility index (Phi) is 6.45. The second-order valence-electron chi connectivity index (χ2n) is 4.32. The predicted molar refractivity (Wildman–Crippen MR) is 87.9 cm³/mol. The highest BCUT2D eigenvalue weighted by Gasteiger charge is 2.03. The standard InChI is InChI=1S/C8H13N5O.C6H7NO/c9-4-3-7(14)12-6-2-1-5(10)8(11)13-6;7-5-3-1-2-4-6(5)8/h1-2H,3-4,9-10H2,(H3,11,12,13,14);1-4,8H,7H2. The molecule has 1 heterocycles. The maximum atomic E-state index is 11.1. The van der Waals surface area contributed by atoms with Crippen molar-refractivity contribution in [3.63, 3.8) is 0 Å². The minimum absolute atomic E-state index is 0.146. The SMILES string of the molecule is NCCC(=O)Nc1ccc(N)c(N)n1.Nc1ccccc1O. The van der Waals surface area contributed by atoms with Crippen LogP contribution in [0.5, 0.6) is 5.75 Å². The van der Waals surface area contributed by atoms with Gasteiger partial charge in [-0.25, -0.2) is 4.98 Å². The number of amides is 1. The highest BCUT2D eigenvalue weighted by Crippen LogP contribution is 2.16. The molecule has 0 bridgehead atoms. The van der Waals surface area contributed by atoms with Crippen molar-refractivity contribution in [2.24, 2.45) is 5.73 Å². The number of phenols is 1. The first-order chi connectivity index (χ1) is 10.4. The first kappa shape index (κ1) is 17.1. The summed E-state index contributed by atoms with van der Waals surface area (Å²) >= 11 is 0. The number of para-hydroxylation sites is 2. The van der Waals surface area contributed by atoms with Gasteiger partial charge in [-0.3, -0.25) is 4.79 Å². The number of carbonyl (C=O) groups is 1. The van der Waals surface area contributed by atoms with Crippen molar-refractivity contribution >= 4 is 28.9 Å². The summed E-state index contributed by atoms with van der Waals surface area (Å²) in [7, 11) is 0. The minimum atomic E-state index is -0.191. The van der Waals surface area contributed by atoms with Crippen molar-refractivity contribution in [1.29, 1.82) is 0 Å². The van der Waals surface area contributed by atoms with Crippen molar-refractivity contribution in [2.45, 2.75) is 6.42 Å². The number of nitrogens with zero attached hydrogens (tertiary/aromatic N) is 1. The van der Waals surface area contributed by atoms with Gasteiger partial charge in [-0.15, -0.1) is 0 Å². The van der Waals surface area contributed by atoms with Gasteiger partial charge in [-0.05, 0) is 24.3 Å². The molecule has 1 aromatic carbocycles. The number of anilines is 4. The molecule has 0 aliphatic carbocycles. The van der Waals surface area contributed by atoms with Gasteiger partial charge in [0.2, 0.25) is 5.91 Å². The van der Waals surface area contributed by atoms with Gasteiger partial charge in [-0.1, -0.05) is 12.1 Å². The highest BCUT2D eigenvalue weighted by atomic mass is 16.3. The third-order valence-corrected chi connectivity index (χ3v) is 2.53. The van der Waals surface area contributed by atoms with E-state index >= 15 is 0 Å². The fraction of sp³-hybridized carbons (Fsp3) is 0.143. The van der Waals surface area contributed by atoms with Gasteiger partial charge in [0.1, 0.15) is 17.4 Å². The Hall–Kier alpha value is -3.00. The average molecular weight is 304 g/mol. The summed E-state index contributed by atoms with van der Waals surface area (Å²) in [6, 6.07) is 9.87. The molecule has 22 heavy (non-hydrogen) atoms. The number of nitrogen functional groups attached to an aromatic ring is 3. The smallest absolute Gasteiger partial charge is 0.226 e. The van der Waals surface area contributed by atoms with E-state index in [1.54, 1.807) is 36.4 Å². The monoisotopic (exact) mass is 304 g/mol. The van der Waals surface area contributed by atoms with E-state index in [0.717, 1.165) is 0 Å². The third kappa shape index (κ3) is 5.55. The van der Waals surface area contributed by atoms with E-state index in [9.17, 15) is 4.79 Å². The number of pyridine rings is 1. The number of rotatable bonds is 3. The molecule has 0 spiro atoms. The van der Waals surface area contributed by atoms with E-state index in [-0.39, 0.29) is 23.9 Å². The Morgan fingerprint density at radius 2 is 1.77 bits per heavy atom. The van der Waals surface area contributed by atoms with Crippen LogP contribution in [0.4, 0.5) is 23.0 Å². The topological polar surface area (TPSA) is 166 Å². The minimum Gasteiger partial charge on any atom is -0.506 e. The van der Waals surface area contributed by atoms with Crippen molar-refractivity contribution < 1.29 is 9.90 Å². The van der Waals surface area contributed by atoms with E-state index in [1.807, 2.05) is 0 Å². The molecular formula is C14H20N6O2. The van der Waals surface area contributed by atoms with Crippen LogP contribution in [0.1, 0.15) is 6.42 Å². The molecule has 2 aromatic rings. The molecule has 0 saturated heterocycles. The van der Waals surface area contributed by atoms with Gasteiger partial charge < -0.3 is 33.4 Å². The zero-order valence-electron chi connectivity index (χ0n) is 12.0. The maximum absolute atomic E-state index is 11.1. The number of nitrogens with one attached hydrogen (secondary N) is 1. The molecule has 8 heteroatoms. The first-order valence-electron chi connectivity index (χ1n) is 6.49. The molecule has 0 aliphatic heterocycles. The lowest BCUT2D eigenvalue weighted by atomic mass is 10.3. The second-order valence-corrected chi connectivity index (χ2v) is 4.32. The van der Waals surface area contributed by atoms with Crippen molar-refractivity contribution in [3.8, 4) is 5.75 Å². The summed E-state index contributed by atoms with van der Waals surface area (Å²) < 4.78 is 0. The summed E-state index contributed by atoms with van der Waals surface area (Å²) in [4.78, 5) is 15.0. The number of hydrogen-bond acceptors (Lipinski definition) is 7. The summed E-state index contributed by atoms with van der Waals surface area (Å²) in [6.07, 6.45) is 0.256. The lowest BCUT2D eigenvalue weighted by molar-refractivity contribution is -0.116. The van der Waals surface area contributed by atoms with Crippen molar-refractivity contribution in [1.82, 2.24) is 4.98 Å². The van der Waals surface area contributed by atoms with E-state index in [4.69, 9.17) is 28.0 Å². The summed E-state index contributed by atoms with van der Waals surface area (Å²) in [6.45, 7) is 0.302. The van der Waals surface area contributed by atoms with E-state index < -0.39 is 0 Å². The molecule has 118 valence electrons. The molecule has 10 N–H and O–H groups in total. The van der Waals surface area contributed by atoms with Crippen LogP contribution < -0.4 is 28.3 Å². The number of hydrogen-bond donors (Lipinski definition) is 6. The molecule has 1 aromatic heterocycles. The summed E-state index contributed by atoms with van der Waals surface area (Å²) in [5, 5.41) is 11.3. The van der Waals surface area contributed by atoms with E-state index in [0.29, 0.717) is 23.7 Å². The Bertz CT molecular complexity index is 611. The molecule has 0 aliphatic rings. The van der Waals surface area contributed by atoms with Gasteiger partial charge >= 0.3 is 0 Å². The number of benzene rings is 1. The van der Waals surface area contributed by atoms with Gasteiger partial charge in [0, 0.05) is 13.0 Å². The van der Waals surface area contributed by atoms with Crippen LogP contribution in [0.2, 0.25) is 0 Å². The first-order valence-corrected chi connectivity index (χ1v) is 6.49. The quantitative estimate of drug-likeness (QED) is 0.355. The molecule has 0 radical (unpaired) electrons. The van der Waals surface area contributed by atoms with Crippen LogP contribution in [0, 0.1) is 0 Å². The van der Waals surface area contributed by atoms with E-state index in [2.05, 4.69) is 10.3 Å². The van der Waals surface area contributed by atoms with Crippen molar-refractivity contribution in [2.75, 3.05) is 29.1 Å². The van der Waals surface area contributed by atoms with Crippen LogP contribution in [-0.4, -0.2) is 22.5 Å². The Morgan fingerprint density at radius 1 is 1.09 bits per heavy atom. The summed E-state index contributed by atoms with van der Waals surface area (Å²) in [5.41, 5.74) is 22.2. The molecule has 0 atom stereocenters. The zero-order chi connectivity index (χ0) is 16.5. The van der Waals surface area contributed by atoms with Gasteiger partial charge in [0.05, 0.1) is 11.4 Å². The molecule has 0 fully saturated rings. The normalized spacial score (nSPS) is 9.50. The van der Waals surface area contributed by atoms with Crippen LogP contribution in [-0.2, 0) is 4.79 Å². The van der Waals surface area contributed by atoms with Gasteiger partial charge in [0.25, 0.3) is 0 Å². The second kappa shape index (κ2) is 8.32. The van der Waals surface area contributed by atoms with E-state index in [1.165, 1.54) is 0 Å². The fourth-order valence-corrected chi connectivity index (χ4v) is 1.38. The van der Waals surface area contributed by atoms with Gasteiger partial charge in [-0.2, -0.15) is 0 Å². The fourth-order valence-electron chi connectivity index (χ4n) is 1.38. The molecule has 0 unspecified atom stereocenters. The predicted octanol–water partition coefficient (Wildman–Crippen LogP) is 0.508. The summed E-state index contributed by atoms with van der Waals surface area (Å²) in [5.74, 6) is 0.544. The lowest BCUT2D eigenvalue weighted by Gasteiger charge is -2.05. The molecule has 2 rings (SSSR count). The maximum Gasteiger partial charge on any atom is 0.226 e. The van der Waals surface area contributed by atoms with Crippen LogP contribution in [0.25, 0.3) is 0 Å². The zero-order valence-corrected chi connectivity index (χ0v) is 12.0. The highest BCUT2D eigenvalue weighted by molar-refractivity contribution is 5.90. The number of aromatic hydroxyl groups is 1. The average Bonchev–Trinajstić information content (AvgIpc) is 2.47. The van der Waals surface area contributed by atoms with Crippen molar-refractivity contribution in [3.05, 3.63) is 36.4 Å². The molecule has 8 nitrogen and oxygen atoms in total.